The van der Waals surface area contributed by atoms with Crippen LogP contribution in [0.25, 0.3) is 0 Å². The fourth-order valence-corrected chi connectivity index (χ4v) is 14.4. The molecule has 0 radical (unpaired) electrons. The normalized spacial score (nSPS) is 14.2. The lowest BCUT2D eigenvalue weighted by atomic mass is 10.00. The first-order valence-electron chi connectivity index (χ1n) is 42.9. The number of rotatable bonds is 81. The lowest BCUT2D eigenvalue weighted by Crippen LogP contribution is -2.30. The van der Waals surface area contributed by atoms with Crippen molar-refractivity contribution in [3.63, 3.8) is 0 Å². The van der Waals surface area contributed by atoms with Gasteiger partial charge in [0.25, 0.3) is 0 Å². The minimum Gasteiger partial charge on any atom is -0.462 e. The van der Waals surface area contributed by atoms with Gasteiger partial charge in [0.15, 0.2) is 12.2 Å². The molecule has 0 aliphatic rings. The first kappa shape index (κ1) is 100. The molecule has 606 valence electrons. The summed E-state index contributed by atoms with van der Waals surface area (Å²) in [6.45, 7) is 11.9. The average Bonchev–Trinajstić information content (AvgIpc) is 0.924. The summed E-state index contributed by atoms with van der Waals surface area (Å²) in [4.78, 5) is 73.1. The number of phosphoric ester groups is 2. The first-order valence-corrected chi connectivity index (χ1v) is 45.9. The molecule has 17 nitrogen and oxygen atoms in total. The van der Waals surface area contributed by atoms with Gasteiger partial charge in [0.2, 0.25) is 0 Å². The number of esters is 4. The van der Waals surface area contributed by atoms with Gasteiger partial charge in [-0.15, -0.1) is 0 Å². The molecule has 0 saturated heterocycles. The SMILES string of the molecule is CCCCCCCCCCCCCCCCCCCCCCCC(=O)O[C@H](COC(=O)CCCCCCCCCCCCCCCCC(C)C)COP(=O)(O)OC[C@@H](O)COP(=O)(O)OC[C@@H](COC(=O)CCCCCCCCC(C)CC)OC(=O)CCCCCCCCCCCCCC(C)C. The molecule has 0 aromatic rings. The molecule has 0 saturated carbocycles. The zero-order chi connectivity index (χ0) is 75.1. The van der Waals surface area contributed by atoms with Gasteiger partial charge in [-0.1, -0.05) is 382 Å². The minimum atomic E-state index is -4.96. The first-order chi connectivity index (χ1) is 49.3. The van der Waals surface area contributed by atoms with Crippen molar-refractivity contribution in [2.24, 2.45) is 17.8 Å². The molecule has 0 aromatic carbocycles. The number of carbonyl (C=O) groups excluding carboxylic acids is 4. The van der Waals surface area contributed by atoms with Gasteiger partial charge >= 0.3 is 39.5 Å². The van der Waals surface area contributed by atoms with E-state index in [-0.39, 0.29) is 25.7 Å². The van der Waals surface area contributed by atoms with Gasteiger partial charge in [-0.2, -0.15) is 0 Å². The number of aliphatic hydroxyl groups is 1. The second-order valence-corrected chi connectivity index (χ2v) is 34.0. The Bertz CT molecular complexity index is 1980. The molecule has 0 amide bonds. The third kappa shape index (κ3) is 74.9. The maximum Gasteiger partial charge on any atom is 0.472 e. The van der Waals surface area contributed by atoms with Crippen LogP contribution in [-0.2, 0) is 65.4 Å². The van der Waals surface area contributed by atoms with Crippen molar-refractivity contribution in [2.75, 3.05) is 39.6 Å². The van der Waals surface area contributed by atoms with Crippen molar-refractivity contribution in [3.05, 3.63) is 0 Å². The summed E-state index contributed by atoms with van der Waals surface area (Å²) in [6, 6.07) is 0. The van der Waals surface area contributed by atoms with Crippen LogP contribution in [0.15, 0.2) is 0 Å². The lowest BCUT2D eigenvalue weighted by molar-refractivity contribution is -0.161. The summed E-state index contributed by atoms with van der Waals surface area (Å²) in [5, 5.41) is 10.7. The van der Waals surface area contributed by atoms with E-state index in [0.717, 1.165) is 114 Å². The van der Waals surface area contributed by atoms with Crippen LogP contribution in [0.1, 0.15) is 434 Å². The highest BCUT2D eigenvalue weighted by Gasteiger charge is 2.30. The molecule has 0 rings (SSSR count). The summed E-state index contributed by atoms with van der Waals surface area (Å²) < 4.78 is 68.8. The Hall–Kier alpha value is -1.94. The topological polar surface area (TPSA) is 237 Å². The summed E-state index contributed by atoms with van der Waals surface area (Å²) in [5.74, 6) is 0.185. The Kier molecular flexibility index (Phi) is 71.8. The number of hydrogen-bond donors (Lipinski definition) is 3. The van der Waals surface area contributed by atoms with E-state index in [2.05, 4.69) is 48.5 Å². The van der Waals surface area contributed by atoms with Crippen LogP contribution in [0.4, 0.5) is 0 Å². The van der Waals surface area contributed by atoms with Crippen LogP contribution >= 0.6 is 15.6 Å². The van der Waals surface area contributed by atoms with Gasteiger partial charge in [0, 0.05) is 25.7 Å². The van der Waals surface area contributed by atoms with Gasteiger partial charge in [-0.3, -0.25) is 37.3 Å². The third-order valence-corrected chi connectivity index (χ3v) is 21.6. The predicted molar refractivity (Wildman–Crippen MR) is 418 cm³/mol. The molecule has 3 unspecified atom stereocenters. The smallest absolute Gasteiger partial charge is 0.462 e. The Morgan fingerprint density at radius 3 is 0.745 bits per heavy atom. The Labute approximate surface area is 626 Å². The van der Waals surface area contributed by atoms with E-state index in [1.807, 2.05) is 0 Å². The fourth-order valence-electron chi connectivity index (χ4n) is 12.8. The zero-order valence-corrected chi connectivity index (χ0v) is 68.9. The highest BCUT2D eigenvalue weighted by Crippen LogP contribution is 2.45. The maximum absolute atomic E-state index is 13.1. The molecular formula is C83H162O17P2. The zero-order valence-electron chi connectivity index (χ0n) is 67.1. The minimum absolute atomic E-state index is 0.106. The highest BCUT2D eigenvalue weighted by atomic mass is 31.2. The molecule has 3 N–H and O–H groups in total. The van der Waals surface area contributed by atoms with E-state index in [1.54, 1.807) is 0 Å². The average molecular weight is 1490 g/mol. The predicted octanol–water partition coefficient (Wildman–Crippen LogP) is 24.9. The number of unbranched alkanes of at least 4 members (excludes halogenated alkanes) is 48. The molecule has 0 bridgehead atoms. The standard InChI is InChI=1S/C83H162O17P2/c1-8-10-11-12-13-14-15-16-17-18-19-20-21-22-23-28-33-38-43-52-59-66-82(87)99-78(70-93-80(85)64-57-50-42-37-32-27-25-24-26-30-35-40-47-54-61-74(3)4)72-97-101(89,90)95-68-77(84)69-96-102(91,92)98-73-79(71-94-81(86)65-58-51-46-45-49-56-63-76(7)9-2)100-83(88)67-60-53-44-39-34-29-31-36-41-48-55-62-75(5)6/h74-79,84H,8-73H2,1-7H3,(H,89,90)(H,91,92)/t76?,77-,78-,79-/m1/s1. The molecule has 19 heteroatoms. The van der Waals surface area contributed by atoms with Crippen LogP contribution < -0.4 is 0 Å². The number of hydrogen-bond acceptors (Lipinski definition) is 15. The summed E-state index contributed by atoms with van der Waals surface area (Å²) in [5.41, 5.74) is 0. The van der Waals surface area contributed by atoms with E-state index in [9.17, 15) is 43.2 Å². The van der Waals surface area contributed by atoms with Crippen LogP contribution in [0.5, 0.6) is 0 Å². The van der Waals surface area contributed by atoms with Crippen molar-refractivity contribution in [1.82, 2.24) is 0 Å². The molecule has 0 aliphatic carbocycles. The molecule has 0 fully saturated rings. The van der Waals surface area contributed by atoms with E-state index < -0.39 is 97.5 Å². The lowest BCUT2D eigenvalue weighted by Gasteiger charge is -2.21. The van der Waals surface area contributed by atoms with Gasteiger partial charge in [-0.25, -0.2) is 9.13 Å². The largest absolute Gasteiger partial charge is 0.472 e. The van der Waals surface area contributed by atoms with E-state index in [4.69, 9.17) is 37.0 Å². The van der Waals surface area contributed by atoms with Crippen LogP contribution in [0, 0.1) is 17.8 Å². The molecule has 102 heavy (non-hydrogen) atoms. The van der Waals surface area contributed by atoms with Gasteiger partial charge in [0.1, 0.15) is 19.3 Å². The molecule has 0 aliphatic heterocycles. The molecule has 0 heterocycles. The van der Waals surface area contributed by atoms with Crippen molar-refractivity contribution >= 4 is 39.5 Å². The number of carbonyl (C=O) groups is 4. The summed E-state index contributed by atoms with van der Waals surface area (Å²) in [7, 11) is -9.92. The van der Waals surface area contributed by atoms with Gasteiger partial charge in [-0.05, 0) is 43.4 Å². The molecule has 0 aromatic heterocycles. The number of aliphatic hydroxyl groups excluding tert-OH is 1. The van der Waals surface area contributed by atoms with E-state index >= 15 is 0 Å². The maximum atomic E-state index is 13.1. The quantitative estimate of drug-likeness (QED) is 0.0222. The van der Waals surface area contributed by atoms with Crippen LogP contribution in [-0.4, -0.2) is 96.7 Å². The van der Waals surface area contributed by atoms with Crippen LogP contribution in [0.3, 0.4) is 0 Å². The third-order valence-electron chi connectivity index (χ3n) is 19.7. The fraction of sp³-hybridized carbons (Fsp3) is 0.952. The van der Waals surface area contributed by atoms with E-state index in [0.29, 0.717) is 25.7 Å². The van der Waals surface area contributed by atoms with Crippen molar-refractivity contribution in [2.45, 2.75) is 452 Å². The monoisotopic (exact) mass is 1490 g/mol. The molecule has 0 spiro atoms. The Balaban J connectivity index is 5.23. The molecular weight excluding hydrogens is 1330 g/mol. The Morgan fingerprint density at radius 1 is 0.284 bits per heavy atom. The number of ether oxygens (including phenoxy) is 4. The van der Waals surface area contributed by atoms with E-state index in [1.165, 1.54) is 238 Å². The number of phosphoric acid groups is 2. The second-order valence-electron chi connectivity index (χ2n) is 31.1. The summed E-state index contributed by atoms with van der Waals surface area (Å²) >= 11 is 0. The Morgan fingerprint density at radius 2 is 0.500 bits per heavy atom. The molecule has 6 atom stereocenters. The second kappa shape index (κ2) is 73.2. The van der Waals surface area contributed by atoms with Gasteiger partial charge in [0.05, 0.1) is 26.4 Å². The van der Waals surface area contributed by atoms with Gasteiger partial charge < -0.3 is 33.8 Å². The van der Waals surface area contributed by atoms with Crippen LogP contribution in [0.2, 0.25) is 0 Å². The van der Waals surface area contributed by atoms with Crippen molar-refractivity contribution in [1.29, 1.82) is 0 Å². The van der Waals surface area contributed by atoms with Crippen molar-refractivity contribution in [3.8, 4) is 0 Å². The van der Waals surface area contributed by atoms with Crippen molar-refractivity contribution < 1.29 is 80.2 Å². The highest BCUT2D eigenvalue weighted by molar-refractivity contribution is 7.47. The summed E-state index contributed by atoms with van der Waals surface area (Å²) in [6.07, 6.45) is 62.6.